The number of hydrogen-bond acceptors (Lipinski definition) is 3. The molecule has 0 atom stereocenters. The third-order valence-electron chi connectivity index (χ3n) is 4.01. The van der Waals surface area contributed by atoms with Crippen molar-refractivity contribution in [1.29, 1.82) is 0 Å². The molecule has 0 bridgehead atoms. The van der Waals surface area contributed by atoms with Crippen molar-refractivity contribution in [3.8, 4) is 5.75 Å². The van der Waals surface area contributed by atoms with Gasteiger partial charge in [0.2, 0.25) is 5.91 Å². The molecular formula is C15H19ClN2O2. The van der Waals surface area contributed by atoms with Crippen LogP contribution < -0.4 is 10.1 Å². The van der Waals surface area contributed by atoms with Gasteiger partial charge in [-0.2, -0.15) is 0 Å². The molecule has 108 valence electrons. The van der Waals surface area contributed by atoms with Crippen molar-refractivity contribution >= 4 is 17.5 Å². The Morgan fingerprint density at radius 1 is 1.25 bits per heavy atom. The summed E-state index contributed by atoms with van der Waals surface area (Å²) in [4.78, 5) is 14.1. The maximum atomic E-state index is 12.1. The monoisotopic (exact) mass is 294 g/mol. The zero-order valence-corrected chi connectivity index (χ0v) is 12.1. The Labute approximate surface area is 124 Å². The van der Waals surface area contributed by atoms with Crippen molar-refractivity contribution < 1.29 is 9.53 Å². The van der Waals surface area contributed by atoms with E-state index < -0.39 is 0 Å². The lowest BCUT2D eigenvalue weighted by Gasteiger charge is -2.37. The van der Waals surface area contributed by atoms with E-state index >= 15 is 0 Å². The van der Waals surface area contributed by atoms with E-state index in [0.29, 0.717) is 10.9 Å². The van der Waals surface area contributed by atoms with Crippen LogP contribution in [-0.4, -0.2) is 43.1 Å². The molecule has 0 aromatic heterocycles. The van der Waals surface area contributed by atoms with Gasteiger partial charge >= 0.3 is 0 Å². The van der Waals surface area contributed by atoms with Crippen LogP contribution in [0.4, 0.5) is 0 Å². The van der Waals surface area contributed by atoms with Gasteiger partial charge in [0.15, 0.2) is 0 Å². The van der Waals surface area contributed by atoms with Crippen LogP contribution in [0, 0.1) is 5.92 Å². The predicted octanol–water partition coefficient (Wildman–Crippen LogP) is 1.93. The number of rotatable bonds is 3. The number of piperidine rings is 1. The summed E-state index contributed by atoms with van der Waals surface area (Å²) in [5.74, 6) is 1.22. The highest BCUT2D eigenvalue weighted by molar-refractivity contribution is 6.32. The van der Waals surface area contributed by atoms with Gasteiger partial charge in [0.25, 0.3) is 0 Å². The van der Waals surface area contributed by atoms with Gasteiger partial charge in [0.1, 0.15) is 11.9 Å². The minimum atomic E-state index is 0.151. The standard InChI is InChI=1S/C15H19ClN2O2/c16-13-3-1-2-4-14(13)20-12-5-7-18(8-6-12)15(19)11-9-17-10-11/h1-4,11-12,17H,5-10H2. The van der Waals surface area contributed by atoms with Crippen molar-refractivity contribution in [3.63, 3.8) is 0 Å². The van der Waals surface area contributed by atoms with Gasteiger partial charge in [-0.3, -0.25) is 4.79 Å². The Balaban J connectivity index is 1.51. The summed E-state index contributed by atoms with van der Waals surface area (Å²) >= 11 is 6.09. The maximum absolute atomic E-state index is 12.1. The molecule has 1 amide bonds. The second kappa shape index (κ2) is 6.02. The number of ether oxygens (including phenoxy) is 1. The number of carbonyl (C=O) groups excluding carboxylic acids is 1. The molecule has 2 fully saturated rings. The van der Waals surface area contributed by atoms with Gasteiger partial charge in [0, 0.05) is 39.0 Å². The van der Waals surface area contributed by atoms with Crippen molar-refractivity contribution in [1.82, 2.24) is 10.2 Å². The number of likely N-dealkylation sites (tertiary alicyclic amines) is 1. The Morgan fingerprint density at radius 2 is 1.95 bits per heavy atom. The first-order valence-corrected chi connectivity index (χ1v) is 7.52. The van der Waals surface area contributed by atoms with Crippen molar-refractivity contribution in [2.45, 2.75) is 18.9 Å². The van der Waals surface area contributed by atoms with E-state index in [9.17, 15) is 4.79 Å². The van der Waals surface area contributed by atoms with E-state index in [0.717, 1.165) is 44.8 Å². The number of carbonyl (C=O) groups is 1. The normalized spacial score (nSPS) is 20.6. The van der Waals surface area contributed by atoms with Gasteiger partial charge in [-0.1, -0.05) is 23.7 Å². The zero-order valence-electron chi connectivity index (χ0n) is 11.3. The maximum Gasteiger partial charge on any atom is 0.228 e. The van der Waals surface area contributed by atoms with Crippen LogP contribution in [0.15, 0.2) is 24.3 Å². The topological polar surface area (TPSA) is 41.6 Å². The number of nitrogens with zero attached hydrogens (tertiary/aromatic N) is 1. The summed E-state index contributed by atoms with van der Waals surface area (Å²) in [5.41, 5.74) is 0. The third kappa shape index (κ3) is 2.91. The Kier molecular flexibility index (Phi) is 4.13. The lowest BCUT2D eigenvalue weighted by molar-refractivity contribution is -0.138. The van der Waals surface area contributed by atoms with Gasteiger partial charge in [-0.15, -0.1) is 0 Å². The molecule has 4 nitrogen and oxygen atoms in total. The number of halogens is 1. The molecule has 5 heteroatoms. The van der Waals surface area contributed by atoms with Crippen LogP contribution in [0.1, 0.15) is 12.8 Å². The molecule has 1 N–H and O–H groups in total. The molecule has 2 aliphatic heterocycles. The van der Waals surface area contributed by atoms with Crippen LogP contribution >= 0.6 is 11.6 Å². The van der Waals surface area contributed by atoms with Gasteiger partial charge < -0.3 is 15.0 Å². The van der Waals surface area contributed by atoms with E-state index in [1.807, 2.05) is 29.2 Å². The minimum absolute atomic E-state index is 0.151. The number of para-hydroxylation sites is 1. The SMILES string of the molecule is O=C(C1CNC1)N1CCC(Oc2ccccc2Cl)CC1. The third-order valence-corrected chi connectivity index (χ3v) is 4.33. The van der Waals surface area contributed by atoms with Crippen LogP contribution in [0.2, 0.25) is 5.02 Å². The molecule has 0 aliphatic carbocycles. The van der Waals surface area contributed by atoms with Gasteiger partial charge in [0.05, 0.1) is 10.9 Å². The highest BCUT2D eigenvalue weighted by atomic mass is 35.5. The minimum Gasteiger partial charge on any atom is -0.489 e. The summed E-state index contributed by atoms with van der Waals surface area (Å²) in [5, 5.41) is 3.79. The molecular weight excluding hydrogens is 276 g/mol. The number of amides is 1. The van der Waals surface area contributed by atoms with Gasteiger partial charge in [-0.05, 0) is 12.1 Å². The summed E-state index contributed by atoms with van der Waals surface area (Å²) in [6, 6.07) is 7.53. The fourth-order valence-corrected chi connectivity index (χ4v) is 2.82. The van der Waals surface area contributed by atoms with Crippen LogP contribution in [0.5, 0.6) is 5.75 Å². The number of nitrogens with one attached hydrogen (secondary N) is 1. The summed E-state index contributed by atoms with van der Waals surface area (Å²) < 4.78 is 5.93. The molecule has 0 radical (unpaired) electrons. The largest absolute Gasteiger partial charge is 0.489 e. The van der Waals surface area contributed by atoms with Crippen molar-refractivity contribution in [2.24, 2.45) is 5.92 Å². The molecule has 0 saturated carbocycles. The fourth-order valence-electron chi connectivity index (χ4n) is 2.64. The van der Waals surface area contributed by atoms with E-state index in [4.69, 9.17) is 16.3 Å². The highest BCUT2D eigenvalue weighted by Gasteiger charge is 2.32. The Bertz CT molecular complexity index is 483. The van der Waals surface area contributed by atoms with Crippen LogP contribution in [0.3, 0.4) is 0 Å². The van der Waals surface area contributed by atoms with E-state index in [-0.39, 0.29) is 12.0 Å². The van der Waals surface area contributed by atoms with E-state index in [1.165, 1.54) is 0 Å². The summed E-state index contributed by atoms with van der Waals surface area (Å²) in [6.45, 7) is 3.22. The molecule has 3 rings (SSSR count). The number of hydrogen-bond donors (Lipinski definition) is 1. The lowest BCUT2D eigenvalue weighted by atomic mass is 9.99. The molecule has 0 spiro atoms. The first kappa shape index (κ1) is 13.7. The summed E-state index contributed by atoms with van der Waals surface area (Å²) in [7, 11) is 0. The van der Waals surface area contributed by atoms with Crippen molar-refractivity contribution in [2.75, 3.05) is 26.2 Å². The average molecular weight is 295 g/mol. The van der Waals surface area contributed by atoms with E-state index in [1.54, 1.807) is 0 Å². The zero-order chi connectivity index (χ0) is 13.9. The lowest BCUT2D eigenvalue weighted by Crippen LogP contribution is -2.54. The molecule has 1 aromatic carbocycles. The first-order chi connectivity index (χ1) is 9.74. The Hall–Kier alpha value is -1.26. The van der Waals surface area contributed by atoms with Crippen LogP contribution in [0.25, 0.3) is 0 Å². The highest BCUT2D eigenvalue weighted by Crippen LogP contribution is 2.27. The molecule has 0 unspecified atom stereocenters. The Morgan fingerprint density at radius 3 is 2.55 bits per heavy atom. The molecule has 2 saturated heterocycles. The van der Waals surface area contributed by atoms with Crippen molar-refractivity contribution in [3.05, 3.63) is 29.3 Å². The molecule has 2 aliphatic rings. The first-order valence-electron chi connectivity index (χ1n) is 7.15. The molecule has 1 aromatic rings. The number of benzene rings is 1. The quantitative estimate of drug-likeness (QED) is 0.926. The molecule has 2 heterocycles. The second-order valence-corrected chi connectivity index (χ2v) is 5.84. The average Bonchev–Trinajstić information content (AvgIpc) is 2.40. The molecule has 20 heavy (non-hydrogen) atoms. The van der Waals surface area contributed by atoms with Gasteiger partial charge in [-0.25, -0.2) is 0 Å². The van der Waals surface area contributed by atoms with Crippen LogP contribution in [-0.2, 0) is 4.79 Å². The second-order valence-electron chi connectivity index (χ2n) is 5.43. The summed E-state index contributed by atoms with van der Waals surface area (Å²) in [6.07, 6.45) is 1.90. The smallest absolute Gasteiger partial charge is 0.228 e. The van der Waals surface area contributed by atoms with E-state index in [2.05, 4.69) is 5.32 Å². The fraction of sp³-hybridized carbons (Fsp3) is 0.533. The predicted molar refractivity (Wildman–Crippen MR) is 78.0 cm³/mol.